The Bertz CT molecular complexity index is 264. The molecule has 2 aliphatic carbocycles. The molecular formula is C15H30N2. The van der Waals surface area contributed by atoms with Crippen molar-refractivity contribution in [3.05, 3.63) is 0 Å². The van der Waals surface area contributed by atoms with E-state index in [-0.39, 0.29) is 5.54 Å². The number of hydrogen-bond donors (Lipinski definition) is 2. The fourth-order valence-electron chi connectivity index (χ4n) is 3.75. The highest BCUT2D eigenvalue weighted by molar-refractivity contribution is 5.05. The number of hydrogen-bond acceptors (Lipinski definition) is 2. The molecule has 2 rings (SSSR count). The third-order valence-corrected chi connectivity index (χ3v) is 5.12. The van der Waals surface area contributed by atoms with Crippen LogP contribution in [0.25, 0.3) is 0 Å². The van der Waals surface area contributed by atoms with Crippen LogP contribution in [0.5, 0.6) is 0 Å². The SMILES string of the molecule is CC(C)C1CC(CN)(NC2CCC(C)(C)C2)C1. The van der Waals surface area contributed by atoms with Gasteiger partial charge in [-0.15, -0.1) is 0 Å². The lowest BCUT2D eigenvalue weighted by Gasteiger charge is -2.51. The van der Waals surface area contributed by atoms with E-state index in [4.69, 9.17) is 5.73 Å². The van der Waals surface area contributed by atoms with E-state index in [0.717, 1.165) is 18.4 Å². The van der Waals surface area contributed by atoms with Gasteiger partial charge < -0.3 is 11.1 Å². The first-order valence-electron chi connectivity index (χ1n) is 7.34. The number of nitrogens with one attached hydrogen (secondary N) is 1. The van der Waals surface area contributed by atoms with E-state index in [9.17, 15) is 0 Å². The lowest BCUT2D eigenvalue weighted by atomic mass is 9.63. The largest absolute Gasteiger partial charge is 0.329 e. The Hall–Kier alpha value is -0.0800. The van der Waals surface area contributed by atoms with Crippen LogP contribution in [0.15, 0.2) is 0 Å². The Morgan fingerprint density at radius 2 is 1.88 bits per heavy atom. The van der Waals surface area contributed by atoms with E-state index < -0.39 is 0 Å². The van der Waals surface area contributed by atoms with Gasteiger partial charge >= 0.3 is 0 Å². The van der Waals surface area contributed by atoms with Gasteiger partial charge in [-0.1, -0.05) is 27.7 Å². The molecule has 17 heavy (non-hydrogen) atoms. The summed E-state index contributed by atoms with van der Waals surface area (Å²) in [6.07, 6.45) is 6.59. The fourth-order valence-corrected chi connectivity index (χ4v) is 3.75. The minimum atomic E-state index is 0.278. The molecule has 2 nitrogen and oxygen atoms in total. The lowest BCUT2D eigenvalue weighted by molar-refractivity contribution is 0.0649. The second kappa shape index (κ2) is 4.55. The number of nitrogens with two attached hydrogens (primary N) is 1. The van der Waals surface area contributed by atoms with Gasteiger partial charge in [0.1, 0.15) is 0 Å². The molecular weight excluding hydrogens is 208 g/mol. The van der Waals surface area contributed by atoms with Gasteiger partial charge in [-0.2, -0.15) is 0 Å². The molecule has 0 bridgehead atoms. The van der Waals surface area contributed by atoms with Gasteiger partial charge in [0, 0.05) is 18.1 Å². The van der Waals surface area contributed by atoms with Gasteiger partial charge in [-0.3, -0.25) is 0 Å². The van der Waals surface area contributed by atoms with Gasteiger partial charge in [-0.25, -0.2) is 0 Å². The molecule has 2 saturated carbocycles. The molecule has 100 valence electrons. The summed E-state index contributed by atoms with van der Waals surface area (Å²) >= 11 is 0. The van der Waals surface area contributed by atoms with Gasteiger partial charge in [0.05, 0.1) is 0 Å². The van der Waals surface area contributed by atoms with E-state index in [2.05, 4.69) is 33.0 Å². The monoisotopic (exact) mass is 238 g/mol. The average Bonchev–Trinajstić information content (AvgIpc) is 2.50. The fraction of sp³-hybridized carbons (Fsp3) is 1.00. The standard InChI is InChI=1S/C15H30N2/c1-11(2)12-7-15(8-12,10-16)17-13-5-6-14(3,4)9-13/h11-13,17H,5-10,16H2,1-4H3. The van der Waals surface area contributed by atoms with E-state index in [1.54, 1.807) is 0 Å². The molecule has 3 N–H and O–H groups in total. The van der Waals surface area contributed by atoms with Crippen molar-refractivity contribution in [2.24, 2.45) is 23.0 Å². The van der Waals surface area contributed by atoms with E-state index in [1.807, 2.05) is 0 Å². The second-order valence-electron chi connectivity index (χ2n) is 7.65. The van der Waals surface area contributed by atoms with Crippen molar-refractivity contribution in [1.29, 1.82) is 0 Å². The first kappa shape index (κ1) is 13.4. The summed E-state index contributed by atoms with van der Waals surface area (Å²) in [7, 11) is 0. The van der Waals surface area contributed by atoms with Crippen LogP contribution < -0.4 is 11.1 Å². The quantitative estimate of drug-likeness (QED) is 0.790. The van der Waals surface area contributed by atoms with Crippen LogP contribution in [-0.4, -0.2) is 18.1 Å². The molecule has 2 heteroatoms. The summed E-state index contributed by atoms with van der Waals surface area (Å²) in [5.41, 5.74) is 6.83. The predicted octanol–water partition coefficient (Wildman–Crippen LogP) is 2.92. The molecule has 0 aliphatic heterocycles. The maximum absolute atomic E-state index is 6.01. The van der Waals surface area contributed by atoms with Crippen LogP contribution in [-0.2, 0) is 0 Å². The topological polar surface area (TPSA) is 38.0 Å². The van der Waals surface area contributed by atoms with Crippen molar-refractivity contribution in [1.82, 2.24) is 5.32 Å². The highest BCUT2D eigenvalue weighted by Crippen LogP contribution is 2.44. The second-order valence-corrected chi connectivity index (χ2v) is 7.65. The van der Waals surface area contributed by atoms with Gasteiger partial charge in [0.2, 0.25) is 0 Å². The van der Waals surface area contributed by atoms with Crippen molar-refractivity contribution >= 4 is 0 Å². The van der Waals surface area contributed by atoms with Crippen molar-refractivity contribution in [3.8, 4) is 0 Å². The van der Waals surface area contributed by atoms with Crippen molar-refractivity contribution in [2.75, 3.05) is 6.54 Å². The highest BCUT2D eigenvalue weighted by Gasteiger charge is 2.46. The van der Waals surface area contributed by atoms with Gasteiger partial charge in [0.15, 0.2) is 0 Å². The molecule has 0 heterocycles. The van der Waals surface area contributed by atoms with Crippen molar-refractivity contribution in [3.63, 3.8) is 0 Å². The molecule has 1 unspecified atom stereocenters. The Morgan fingerprint density at radius 1 is 1.24 bits per heavy atom. The molecule has 0 saturated heterocycles. The molecule has 0 aromatic carbocycles. The number of rotatable bonds is 4. The summed E-state index contributed by atoms with van der Waals surface area (Å²) in [5, 5.41) is 3.89. The molecule has 2 fully saturated rings. The summed E-state index contributed by atoms with van der Waals surface area (Å²) < 4.78 is 0. The lowest BCUT2D eigenvalue weighted by Crippen LogP contribution is -2.63. The summed E-state index contributed by atoms with van der Waals surface area (Å²) in [4.78, 5) is 0. The minimum Gasteiger partial charge on any atom is -0.329 e. The first-order chi connectivity index (χ1) is 7.86. The zero-order chi connectivity index (χ0) is 12.7. The molecule has 0 aromatic heterocycles. The Kier molecular flexibility index (Phi) is 3.57. The third-order valence-electron chi connectivity index (χ3n) is 5.12. The zero-order valence-electron chi connectivity index (χ0n) is 12.1. The van der Waals surface area contributed by atoms with Crippen LogP contribution in [0, 0.1) is 17.3 Å². The molecule has 0 amide bonds. The maximum atomic E-state index is 6.01. The maximum Gasteiger partial charge on any atom is 0.0311 e. The van der Waals surface area contributed by atoms with Crippen LogP contribution in [0.3, 0.4) is 0 Å². The molecule has 0 aromatic rings. The molecule has 1 atom stereocenters. The van der Waals surface area contributed by atoms with Crippen molar-refractivity contribution in [2.45, 2.75) is 71.4 Å². The van der Waals surface area contributed by atoms with E-state index in [0.29, 0.717) is 11.5 Å². The van der Waals surface area contributed by atoms with E-state index in [1.165, 1.54) is 32.1 Å². The van der Waals surface area contributed by atoms with Crippen molar-refractivity contribution < 1.29 is 0 Å². The van der Waals surface area contributed by atoms with Crippen LogP contribution in [0.4, 0.5) is 0 Å². The smallest absolute Gasteiger partial charge is 0.0311 e. The van der Waals surface area contributed by atoms with Crippen LogP contribution in [0.1, 0.15) is 59.8 Å². The third kappa shape index (κ3) is 2.85. The summed E-state index contributed by atoms with van der Waals surface area (Å²) in [6.45, 7) is 10.3. The Balaban J connectivity index is 1.86. The Morgan fingerprint density at radius 3 is 2.29 bits per heavy atom. The average molecular weight is 238 g/mol. The predicted molar refractivity (Wildman–Crippen MR) is 73.9 cm³/mol. The molecule has 0 spiro atoms. The van der Waals surface area contributed by atoms with Gasteiger partial charge in [0.25, 0.3) is 0 Å². The first-order valence-corrected chi connectivity index (χ1v) is 7.34. The highest BCUT2D eigenvalue weighted by atomic mass is 15.1. The summed E-state index contributed by atoms with van der Waals surface area (Å²) in [6, 6.07) is 0.710. The normalized spacial score (nSPS) is 40.6. The Labute approximate surface area is 107 Å². The van der Waals surface area contributed by atoms with Gasteiger partial charge in [-0.05, 0) is 49.4 Å². The molecule has 2 aliphatic rings. The minimum absolute atomic E-state index is 0.278. The zero-order valence-corrected chi connectivity index (χ0v) is 12.1. The van der Waals surface area contributed by atoms with Crippen LogP contribution in [0.2, 0.25) is 0 Å². The van der Waals surface area contributed by atoms with E-state index >= 15 is 0 Å². The van der Waals surface area contributed by atoms with Crippen LogP contribution >= 0.6 is 0 Å². The molecule has 0 radical (unpaired) electrons. The summed E-state index contributed by atoms with van der Waals surface area (Å²) in [5.74, 6) is 1.71.